The molecule has 0 unspecified atom stereocenters. The molecule has 2 aromatic rings. The van der Waals surface area contributed by atoms with Gasteiger partial charge in [-0.05, 0) is 44.5 Å². The lowest BCUT2D eigenvalue weighted by Gasteiger charge is -2.12. The van der Waals surface area contributed by atoms with Crippen LogP contribution in [0.1, 0.15) is 41.2 Å². The van der Waals surface area contributed by atoms with E-state index in [0.29, 0.717) is 22.1 Å². The van der Waals surface area contributed by atoms with Crippen molar-refractivity contribution in [3.05, 3.63) is 40.7 Å². The Kier molecular flexibility index (Phi) is 6.68. The van der Waals surface area contributed by atoms with Gasteiger partial charge in [0.25, 0.3) is 0 Å². The largest absolute Gasteiger partial charge is 0.326 e. The van der Waals surface area contributed by atoms with Crippen LogP contribution in [-0.2, 0) is 9.59 Å². The molecule has 1 aromatic heterocycles. The average Bonchev–Trinajstić information content (AvgIpc) is 2.56. The van der Waals surface area contributed by atoms with Crippen molar-refractivity contribution in [2.75, 3.05) is 16.4 Å². The van der Waals surface area contributed by atoms with Crippen molar-refractivity contribution in [1.29, 1.82) is 0 Å². The van der Waals surface area contributed by atoms with Crippen molar-refractivity contribution in [1.82, 2.24) is 9.97 Å². The summed E-state index contributed by atoms with van der Waals surface area (Å²) >= 11 is 1.25. The minimum absolute atomic E-state index is 0.133. The number of Topliss-reactive ketones (excluding diaryl/α,β-unsaturated/α-hetero) is 1. The van der Waals surface area contributed by atoms with E-state index in [0.717, 1.165) is 17.0 Å². The Morgan fingerprint density at radius 2 is 1.56 bits per heavy atom. The Morgan fingerprint density at radius 3 is 2.11 bits per heavy atom. The lowest BCUT2D eigenvalue weighted by atomic mass is 10.1. The van der Waals surface area contributed by atoms with Gasteiger partial charge in [-0.1, -0.05) is 11.8 Å². The molecule has 142 valence electrons. The van der Waals surface area contributed by atoms with Gasteiger partial charge in [0, 0.05) is 36.5 Å². The van der Waals surface area contributed by atoms with Gasteiger partial charge in [-0.2, -0.15) is 0 Å². The maximum absolute atomic E-state index is 12.7. The summed E-state index contributed by atoms with van der Waals surface area (Å²) in [4.78, 5) is 44.2. The fourth-order valence-corrected chi connectivity index (χ4v) is 3.19. The van der Waals surface area contributed by atoms with E-state index in [1.54, 1.807) is 18.2 Å². The number of thioether (sulfide) groups is 1. The maximum atomic E-state index is 12.7. The summed E-state index contributed by atoms with van der Waals surface area (Å²) in [7, 11) is 0. The van der Waals surface area contributed by atoms with Crippen LogP contribution in [0.5, 0.6) is 0 Å². The van der Waals surface area contributed by atoms with Crippen LogP contribution in [0.15, 0.2) is 23.4 Å². The molecule has 0 radical (unpaired) electrons. The van der Waals surface area contributed by atoms with E-state index < -0.39 is 0 Å². The molecule has 2 N–H and O–H groups in total. The molecule has 0 spiro atoms. The molecule has 0 atom stereocenters. The van der Waals surface area contributed by atoms with Crippen molar-refractivity contribution in [2.45, 2.75) is 39.8 Å². The molecule has 0 aliphatic rings. The van der Waals surface area contributed by atoms with Gasteiger partial charge in [0.1, 0.15) is 0 Å². The topological polar surface area (TPSA) is 101 Å². The van der Waals surface area contributed by atoms with E-state index in [1.165, 1.54) is 25.6 Å². The Morgan fingerprint density at radius 1 is 0.963 bits per heavy atom. The number of amides is 2. The van der Waals surface area contributed by atoms with E-state index >= 15 is 0 Å². The van der Waals surface area contributed by atoms with Crippen LogP contribution < -0.4 is 10.6 Å². The maximum Gasteiger partial charge on any atom is 0.221 e. The van der Waals surface area contributed by atoms with Crippen LogP contribution in [0.25, 0.3) is 0 Å². The van der Waals surface area contributed by atoms with Gasteiger partial charge < -0.3 is 10.6 Å². The number of nitrogens with one attached hydrogen (secondary N) is 2. The van der Waals surface area contributed by atoms with Crippen molar-refractivity contribution in [2.24, 2.45) is 0 Å². The highest BCUT2D eigenvalue weighted by atomic mass is 32.2. The third-order valence-corrected chi connectivity index (χ3v) is 4.74. The van der Waals surface area contributed by atoms with E-state index in [9.17, 15) is 14.4 Å². The number of rotatable bonds is 6. The van der Waals surface area contributed by atoms with Crippen molar-refractivity contribution < 1.29 is 14.4 Å². The number of carbonyl (C=O) groups excluding carboxylic acids is 3. The van der Waals surface area contributed by atoms with Gasteiger partial charge in [0.2, 0.25) is 11.8 Å². The summed E-state index contributed by atoms with van der Waals surface area (Å²) in [5.41, 5.74) is 4.03. The molecule has 8 heteroatoms. The van der Waals surface area contributed by atoms with Crippen LogP contribution >= 0.6 is 11.8 Å². The normalized spacial score (nSPS) is 10.4. The number of carbonyl (C=O) groups is 3. The molecule has 1 heterocycles. The predicted molar refractivity (Wildman–Crippen MR) is 106 cm³/mol. The van der Waals surface area contributed by atoms with Gasteiger partial charge in [-0.15, -0.1) is 0 Å². The Hall–Kier alpha value is -2.74. The van der Waals surface area contributed by atoms with E-state index in [-0.39, 0.29) is 23.4 Å². The minimum Gasteiger partial charge on any atom is -0.326 e. The molecule has 0 saturated heterocycles. The lowest BCUT2D eigenvalue weighted by molar-refractivity contribution is -0.115. The number of nitrogens with zero attached hydrogens (tertiary/aromatic N) is 2. The number of aryl methyl sites for hydroxylation is 2. The predicted octanol–water partition coefficient (Wildman–Crippen LogP) is 3.29. The highest BCUT2D eigenvalue weighted by Gasteiger charge is 2.15. The average molecular weight is 386 g/mol. The molecule has 0 aliphatic carbocycles. The SMILES string of the molecule is CC(=O)Nc1ccc(C(=O)CSc2nc(C)c(C)c(C)n2)c(NC(C)=O)c1. The molecule has 0 fully saturated rings. The van der Waals surface area contributed by atoms with Crippen LogP contribution in [0.4, 0.5) is 11.4 Å². The number of ketones is 1. The van der Waals surface area contributed by atoms with Crippen LogP contribution in [0.3, 0.4) is 0 Å². The summed E-state index contributed by atoms with van der Waals surface area (Å²) in [6.07, 6.45) is 0. The number of anilines is 2. The summed E-state index contributed by atoms with van der Waals surface area (Å²) in [5.74, 6) is -0.573. The molecule has 0 bridgehead atoms. The molecule has 1 aromatic carbocycles. The fraction of sp³-hybridized carbons (Fsp3) is 0.316. The van der Waals surface area contributed by atoms with Crippen LogP contribution in [-0.4, -0.2) is 33.3 Å². The smallest absolute Gasteiger partial charge is 0.221 e. The number of hydrogen-bond donors (Lipinski definition) is 2. The van der Waals surface area contributed by atoms with Gasteiger partial charge in [-0.25, -0.2) is 9.97 Å². The zero-order valence-electron chi connectivity index (χ0n) is 16.0. The second-order valence-corrected chi connectivity index (χ2v) is 7.08. The molecule has 0 saturated carbocycles. The quantitative estimate of drug-likeness (QED) is 0.449. The molecule has 2 amide bonds. The first-order valence-corrected chi connectivity index (χ1v) is 9.33. The van der Waals surface area contributed by atoms with Gasteiger partial charge in [0.15, 0.2) is 10.9 Å². The van der Waals surface area contributed by atoms with Crippen molar-refractivity contribution >= 4 is 40.7 Å². The zero-order chi connectivity index (χ0) is 20.1. The van der Waals surface area contributed by atoms with Gasteiger partial charge in [0.05, 0.1) is 11.4 Å². The Labute approximate surface area is 162 Å². The summed E-state index contributed by atoms with van der Waals surface area (Å²) < 4.78 is 0. The van der Waals surface area contributed by atoms with E-state index in [4.69, 9.17) is 0 Å². The number of benzene rings is 1. The van der Waals surface area contributed by atoms with Gasteiger partial charge in [-0.3, -0.25) is 14.4 Å². The van der Waals surface area contributed by atoms with E-state index in [2.05, 4.69) is 20.6 Å². The fourth-order valence-electron chi connectivity index (χ4n) is 2.38. The zero-order valence-corrected chi connectivity index (χ0v) is 16.8. The summed E-state index contributed by atoms with van der Waals surface area (Å²) in [6.45, 7) is 8.52. The first kappa shape index (κ1) is 20.6. The summed E-state index contributed by atoms with van der Waals surface area (Å²) in [6, 6.07) is 4.78. The Balaban J connectivity index is 2.21. The minimum atomic E-state index is -0.301. The molecular weight excluding hydrogens is 364 g/mol. The third kappa shape index (κ3) is 5.62. The third-order valence-electron chi connectivity index (χ3n) is 3.90. The summed E-state index contributed by atoms with van der Waals surface area (Å²) in [5, 5.41) is 5.82. The van der Waals surface area contributed by atoms with Gasteiger partial charge >= 0.3 is 0 Å². The lowest BCUT2D eigenvalue weighted by Crippen LogP contribution is -2.14. The highest BCUT2D eigenvalue weighted by molar-refractivity contribution is 7.99. The Bertz CT molecular complexity index is 889. The molecule has 2 rings (SSSR count). The van der Waals surface area contributed by atoms with Crippen molar-refractivity contribution in [3.8, 4) is 0 Å². The first-order chi connectivity index (χ1) is 12.7. The second kappa shape index (κ2) is 8.77. The highest BCUT2D eigenvalue weighted by Crippen LogP contribution is 2.25. The molecule has 0 aliphatic heterocycles. The number of hydrogen-bond acceptors (Lipinski definition) is 6. The standard InChI is InChI=1S/C19H22N4O3S/c1-10-11(2)20-19(21-12(10)3)27-9-18(26)16-7-6-15(22-13(4)24)8-17(16)23-14(5)25/h6-8H,9H2,1-5H3,(H,22,24)(H,23,25). The molecule has 27 heavy (non-hydrogen) atoms. The first-order valence-electron chi connectivity index (χ1n) is 8.34. The number of aromatic nitrogens is 2. The van der Waals surface area contributed by atoms with Crippen LogP contribution in [0.2, 0.25) is 0 Å². The second-order valence-electron chi connectivity index (χ2n) is 6.14. The molecular formula is C19H22N4O3S. The van der Waals surface area contributed by atoms with E-state index in [1.807, 2.05) is 20.8 Å². The molecule has 7 nitrogen and oxygen atoms in total. The monoisotopic (exact) mass is 386 g/mol. The van der Waals surface area contributed by atoms with Crippen molar-refractivity contribution in [3.63, 3.8) is 0 Å². The van der Waals surface area contributed by atoms with Crippen LogP contribution in [0, 0.1) is 20.8 Å².